The van der Waals surface area contributed by atoms with Gasteiger partial charge in [-0.3, -0.25) is 4.90 Å². The zero-order valence-corrected chi connectivity index (χ0v) is 11.2. The van der Waals surface area contributed by atoms with Gasteiger partial charge in [0.15, 0.2) is 0 Å². The van der Waals surface area contributed by atoms with E-state index < -0.39 is 0 Å². The van der Waals surface area contributed by atoms with Gasteiger partial charge in [0.2, 0.25) is 0 Å². The molecule has 1 unspecified atom stereocenters. The van der Waals surface area contributed by atoms with Crippen LogP contribution in [0.15, 0.2) is 0 Å². The molecule has 1 saturated heterocycles. The molecule has 0 aromatic rings. The van der Waals surface area contributed by atoms with Gasteiger partial charge in [-0.05, 0) is 38.6 Å². The zero-order valence-electron chi connectivity index (χ0n) is 11.2. The van der Waals surface area contributed by atoms with Crippen LogP contribution in [-0.4, -0.2) is 56.5 Å². The Labute approximate surface area is 104 Å². The van der Waals surface area contributed by atoms with Gasteiger partial charge in [-0.2, -0.15) is 0 Å². The molecule has 2 fully saturated rings. The van der Waals surface area contributed by atoms with Crippen molar-refractivity contribution >= 4 is 0 Å². The van der Waals surface area contributed by atoms with Crippen molar-refractivity contribution in [2.24, 2.45) is 11.7 Å². The Morgan fingerprint density at radius 3 is 2.76 bits per heavy atom. The number of ether oxygens (including phenoxy) is 2. The van der Waals surface area contributed by atoms with Gasteiger partial charge < -0.3 is 15.2 Å². The van der Waals surface area contributed by atoms with Crippen LogP contribution in [0.1, 0.15) is 26.2 Å². The number of rotatable bonds is 6. The molecule has 0 bridgehead atoms. The Bertz CT molecular complexity index is 242. The number of nitrogens with zero attached hydrogens (tertiary/aromatic N) is 1. The molecule has 2 aliphatic rings. The maximum Gasteiger partial charge on any atom is 0.0611 e. The molecule has 0 spiro atoms. The highest BCUT2D eigenvalue weighted by Crippen LogP contribution is 2.41. The van der Waals surface area contributed by atoms with Gasteiger partial charge in [0.1, 0.15) is 0 Å². The predicted octanol–water partition coefficient (Wildman–Crippen LogP) is 0.851. The first kappa shape index (κ1) is 13.3. The summed E-state index contributed by atoms with van der Waals surface area (Å²) in [5.74, 6) is 0.689. The minimum absolute atomic E-state index is 0.225. The second-order valence-electron chi connectivity index (χ2n) is 5.47. The third-order valence-corrected chi connectivity index (χ3v) is 4.36. The predicted molar refractivity (Wildman–Crippen MR) is 68.0 cm³/mol. The van der Waals surface area contributed by atoms with Crippen molar-refractivity contribution in [1.29, 1.82) is 0 Å². The average molecular weight is 242 g/mol. The lowest BCUT2D eigenvalue weighted by atomic mass is 9.73. The SMILES string of the molecule is CCOC1CC(CN)(N2CCC(COC)C2)C1. The van der Waals surface area contributed by atoms with Gasteiger partial charge in [-0.15, -0.1) is 0 Å². The van der Waals surface area contributed by atoms with Crippen molar-refractivity contribution in [2.45, 2.75) is 37.8 Å². The molecular weight excluding hydrogens is 216 g/mol. The van der Waals surface area contributed by atoms with Gasteiger partial charge in [0, 0.05) is 32.3 Å². The van der Waals surface area contributed by atoms with Crippen molar-refractivity contribution < 1.29 is 9.47 Å². The molecule has 1 saturated carbocycles. The van der Waals surface area contributed by atoms with Crippen LogP contribution >= 0.6 is 0 Å². The number of hydrogen-bond donors (Lipinski definition) is 1. The van der Waals surface area contributed by atoms with Crippen molar-refractivity contribution in [3.8, 4) is 0 Å². The van der Waals surface area contributed by atoms with Crippen LogP contribution in [0.3, 0.4) is 0 Å². The number of methoxy groups -OCH3 is 1. The monoisotopic (exact) mass is 242 g/mol. The van der Waals surface area contributed by atoms with Crippen LogP contribution in [0, 0.1) is 5.92 Å². The van der Waals surface area contributed by atoms with Gasteiger partial charge in [0.05, 0.1) is 12.7 Å². The van der Waals surface area contributed by atoms with Crippen LogP contribution in [-0.2, 0) is 9.47 Å². The van der Waals surface area contributed by atoms with Crippen molar-refractivity contribution in [3.05, 3.63) is 0 Å². The second kappa shape index (κ2) is 5.65. The fraction of sp³-hybridized carbons (Fsp3) is 1.00. The molecular formula is C13H26N2O2. The molecule has 2 N–H and O–H groups in total. The van der Waals surface area contributed by atoms with Gasteiger partial charge in [-0.25, -0.2) is 0 Å². The van der Waals surface area contributed by atoms with Crippen molar-refractivity contribution in [1.82, 2.24) is 4.90 Å². The first-order chi connectivity index (χ1) is 8.24. The first-order valence-corrected chi connectivity index (χ1v) is 6.79. The summed E-state index contributed by atoms with van der Waals surface area (Å²) in [5.41, 5.74) is 6.22. The summed E-state index contributed by atoms with van der Waals surface area (Å²) >= 11 is 0. The van der Waals surface area contributed by atoms with Gasteiger partial charge in [-0.1, -0.05) is 0 Å². The first-order valence-electron chi connectivity index (χ1n) is 6.79. The fourth-order valence-electron chi connectivity index (χ4n) is 3.33. The van der Waals surface area contributed by atoms with E-state index in [9.17, 15) is 0 Å². The largest absolute Gasteiger partial charge is 0.384 e. The van der Waals surface area contributed by atoms with Crippen molar-refractivity contribution in [2.75, 3.05) is 40.0 Å². The molecule has 0 radical (unpaired) electrons. The van der Waals surface area contributed by atoms with Gasteiger partial charge in [0.25, 0.3) is 0 Å². The minimum Gasteiger partial charge on any atom is -0.384 e. The third kappa shape index (κ3) is 2.65. The summed E-state index contributed by atoms with van der Waals surface area (Å²) in [7, 11) is 1.79. The highest BCUT2D eigenvalue weighted by Gasteiger charge is 2.49. The molecule has 1 heterocycles. The lowest BCUT2D eigenvalue weighted by Gasteiger charge is -2.52. The Morgan fingerprint density at radius 1 is 1.41 bits per heavy atom. The normalized spacial score (nSPS) is 38.3. The lowest BCUT2D eigenvalue weighted by Crippen LogP contribution is -2.63. The van der Waals surface area contributed by atoms with Crippen LogP contribution in [0.5, 0.6) is 0 Å². The quantitative estimate of drug-likeness (QED) is 0.750. The molecule has 4 heteroatoms. The average Bonchev–Trinajstić information content (AvgIpc) is 2.72. The van der Waals surface area contributed by atoms with E-state index in [0.717, 1.165) is 39.1 Å². The topological polar surface area (TPSA) is 47.7 Å². The van der Waals surface area contributed by atoms with E-state index in [-0.39, 0.29) is 5.54 Å². The Kier molecular flexibility index (Phi) is 4.42. The zero-order chi connectivity index (χ0) is 12.3. The molecule has 100 valence electrons. The van der Waals surface area contributed by atoms with E-state index >= 15 is 0 Å². The maximum absolute atomic E-state index is 6.00. The number of likely N-dealkylation sites (tertiary alicyclic amines) is 1. The summed E-state index contributed by atoms with van der Waals surface area (Å²) in [5, 5.41) is 0. The molecule has 1 atom stereocenters. The molecule has 1 aliphatic heterocycles. The Morgan fingerprint density at radius 2 is 2.18 bits per heavy atom. The second-order valence-corrected chi connectivity index (χ2v) is 5.47. The third-order valence-electron chi connectivity index (χ3n) is 4.36. The number of nitrogens with two attached hydrogens (primary N) is 1. The smallest absolute Gasteiger partial charge is 0.0611 e. The van der Waals surface area contributed by atoms with Gasteiger partial charge >= 0.3 is 0 Å². The molecule has 0 amide bonds. The van der Waals surface area contributed by atoms with Crippen molar-refractivity contribution in [3.63, 3.8) is 0 Å². The summed E-state index contributed by atoms with van der Waals surface area (Å²) in [4.78, 5) is 2.58. The Hall–Kier alpha value is -0.160. The standard InChI is InChI=1S/C13H26N2O2/c1-3-17-12-6-13(7-12,10-14)15-5-4-11(8-15)9-16-2/h11-12H,3-10,14H2,1-2H3. The Balaban J connectivity index is 1.84. The minimum atomic E-state index is 0.225. The molecule has 1 aliphatic carbocycles. The molecule has 4 nitrogen and oxygen atoms in total. The fourth-order valence-corrected chi connectivity index (χ4v) is 3.33. The number of hydrogen-bond acceptors (Lipinski definition) is 4. The molecule has 17 heavy (non-hydrogen) atoms. The molecule has 0 aromatic heterocycles. The molecule has 2 rings (SSSR count). The maximum atomic E-state index is 6.00. The van der Waals surface area contributed by atoms with Crippen LogP contribution in [0.25, 0.3) is 0 Å². The van der Waals surface area contributed by atoms with E-state index in [2.05, 4.69) is 11.8 Å². The van der Waals surface area contributed by atoms with E-state index in [0.29, 0.717) is 12.0 Å². The van der Waals surface area contributed by atoms with E-state index in [1.54, 1.807) is 7.11 Å². The lowest BCUT2D eigenvalue weighted by molar-refractivity contribution is -0.0946. The highest BCUT2D eigenvalue weighted by molar-refractivity contribution is 5.06. The van der Waals surface area contributed by atoms with Crippen LogP contribution in [0.2, 0.25) is 0 Å². The summed E-state index contributed by atoms with van der Waals surface area (Å²) < 4.78 is 10.9. The molecule has 0 aromatic carbocycles. The van der Waals surface area contributed by atoms with E-state index in [1.807, 2.05) is 0 Å². The van der Waals surface area contributed by atoms with E-state index in [1.165, 1.54) is 13.0 Å². The van der Waals surface area contributed by atoms with Crippen LogP contribution < -0.4 is 5.73 Å². The van der Waals surface area contributed by atoms with Crippen LogP contribution in [0.4, 0.5) is 0 Å². The summed E-state index contributed by atoms with van der Waals surface area (Å²) in [6, 6.07) is 0. The van der Waals surface area contributed by atoms with E-state index in [4.69, 9.17) is 15.2 Å². The summed E-state index contributed by atoms with van der Waals surface area (Å²) in [6.45, 7) is 6.83. The highest BCUT2D eigenvalue weighted by atomic mass is 16.5. The summed E-state index contributed by atoms with van der Waals surface area (Å²) in [6.07, 6.45) is 3.90.